The molecule has 2 aromatic rings. The zero-order valence-corrected chi connectivity index (χ0v) is 16.8. The molecule has 2 aromatic carbocycles. The van der Waals surface area contributed by atoms with Crippen LogP contribution in [0.5, 0.6) is 5.75 Å². The van der Waals surface area contributed by atoms with Gasteiger partial charge in [0.25, 0.3) is 0 Å². The zero-order chi connectivity index (χ0) is 19.0. The fourth-order valence-corrected chi connectivity index (χ4v) is 2.83. The summed E-state index contributed by atoms with van der Waals surface area (Å²) < 4.78 is 6.12. The number of aliphatic hydroxyl groups is 1. The van der Waals surface area contributed by atoms with Gasteiger partial charge in [-0.2, -0.15) is 0 Å². The van der Waals surface area contributed by atoms with E-state index >= 15 is 0 Å². The Morgan fingerprint density at radius 3 is 2.42 bits per heavy atom. The number of nitrogens with zero attached hydrogens (tertiary/aromatic N) is 1. The predicted octanol–water partition coefficient (Wildman–Crippen LogP) is 3.20. The van der Waals surface area contributed by atoms with Crippen LogP contribution in [0, 0.1) is 0 Å². The van der Waals surface area contributed by atoms with Crippen molar-refractivity contribution in [2.24, 2.45) is 10.7 Å². The second-order valence-electron chi connectivity index (χ2n) is 6.12. The molecule has 5 nitrogen and oxygen atoms in total. The van der Waals surface area contributed by atoms with Gasteiger partial charge in [-0.05, 0) is 48.2 Å². The number of guanidine groups is 1. The lowest BCUT2D eigenvalue weighted by atomic mass is 9.91. The normalized spacial score (nSPS) is 13.9. The molecule has 0 heterocycles. The molecular weight excluding hydrogens is 394 g/mol. The summed E-state index contributed by atoms with van der Waals surface area (Å²) in [6, 6.07) is 15.5. The summed E-state index contributed by atoms with van der Waals surface area (Å²) in [6.07, 6.45) is 1.38. The first-order valence-electron chi connectivity index (χ1n) is 8.62. The molecule has 1 atom stereocenters. The number of benzene rings is 2. The third-order valence-electron chi connectivity index (χ3n) is 4.36. The molecule has 0 aliphatic heterocycles. The van der Waals surface area contributed by atoms with Crippen molar-refractivity contribution in [1.82, 2.24) is 5.32 Å². The van der Waals surface area contributed by atoms with Gasteiger partial charge in [0.05, 0.1) is 13.7 Å². The van der Waals surface area contributed by atoms with Crippen LogP contribution in [0.15, 0.2) is 58.0 Å². The Morgan fingerprint density at radius 2 is 1.85 bits per heavy atom. The molecule has 0 fully saturated rings. The fourth-order valence-electron chi connectivity index (χ4n) is 2.57. The number of nitrogens with one attached hydrogen (secondary N) is 1. The van der Waals surface area contributed by atoms with Crippen LogP contribution in [0.25, 0.3) is 0 Å². The topological polar surface area (TPSA) is 79.9 Å². The van der Waals surface area contributed by atoms with Gasteiger partial charge in [-0.1, -0.05) is 47.1 Å². The lowest BCUT2D eigenvalue weighted by Gasteiger charge is -2.25. The number of methoxy groups -OCH3 is 1. The van der Waals surface area contributed by atoms with E-state index in [4.69, 9.17) is 10.5 Å². The maximum Gasteiger partial charge on any atom is 0.188 e. The summed E-state index contributed by atoms with van der Waals surface area (Å²) in [5.41, 5.74) is 6.94. The largest absolute Gasteiger partial charge is 0.497 e. The highest BCUT2D eigenvalue weighted by molar-refractivity contribution is 9.10. The Labute approximate surface area is 163 Å². The molecule has 0 radical (unpaired) electrons. The van der Waals surface area contributed by atoms with Gasteiger partial charge < -0.3 is 20.9 Å². The number of aliphatic imine (C=N–C) groups is 1. The number of ether oxygens (including phenoxy) is 1. The van der Waals surface area contributed by atoms with Crippen LogP contribution in [-0.4, -0.2) is 31.3 Å². The summed E-state index contributed by atoms with van der Waals surface area (Å²) in [7, 11) is 1.65. The summed E-state index contributed by atoms with van der Waals surface area (Å²) in [4.78, 5) is 4.33. The molecule has 0 bridgehead atoms. The maximum absolute atomic E-state index is 10.9. The average Bonchev–Trinajstić information content (AvgIpc) is 2.67. The first-order valence-corrected chi connectivity index (χ1v) is 9.41. The molecule has 4 N–H and O–H groups in total. The van der Waals surface area contributed by atoms with Crippen molar-refractivity contribution in [1.29, 1.82) is 0 Å². The SMILES string of the molecule is CCC(O)(CN=C(N)NCCc1ccc(OC)cc1)c1ccc(Br)cc1. The molecule has 1 unspecified atom stereocenters. The highest BCUT2D eigenvalue weighted by Gasteiger charge is 2.26. The molecule has 0 amide bonds. The van der Waals surface area contributed by atoms with Gasteiger partial charge >= 0.3 is 0 Å². The van der Waals surface area contributed by atoms with Gasteiger partial charge in [0.2, 0.25) is 0 Å². The quantitative estimate of drug-likeness (QED) is 0.453. The van der Waals surface area contributed by atoms with Gasteiger partial charge in [-0.15, -0.1) is 0 Å². The molecule has 26 heavy (non-hydrogen) atoms. The third kappa shape index (κ3) is 5.75. The lowest BCUT2D eigenvalue weighted by Crippen LogP contribution is -2.36. The van der Waals surface area contributed by atoms with Crippen LogP contribution in [0.2, 0.25) is 0 Å². The first-order chi connectivity index (χ1) is 12.5. The van der Waals surface area contributed by atoms with Gasteiger partial charge in [0.15, 0.2) is 5.96 Å². The minimum Gasteiger partial charge on any atom is -0.497 e. The summed E-state index contributed by atoms with van der Waals surface area (Å²) in [5, 5.41) is 14.0. The second kappa shape index (κ2) is 9.59. The number of hydrogen-bond acceptors (Lipinski definition) is 3. The average molecular weight is 420 g/mol. The summed E-state index contributed by atoms with van der Waals surface area (Å²) >= 11 is 3.41. The van der Waals surface area contributed by atoms with Gasteiger partial charge in [-0.25, -0.2) is 0 Å². The van der Waals surface area contributed by atoms with Gasteiger partial charge in [0.1, 0.15) is 11.4 Å². The van der Waals surface area contributed by atoms with Crippen molar-refractivity contribution in [3.8, 4) is 5.75 Å². The molecule has 0 aliphatic carbocycles. The van der Waals surface area contributed by atoms with E-state index in [1.807, 2.05) is 55.5 Å². The molecule has 0 spiro atoms. The van der Waals surface area contributed by atoms with Gasteiger partial charge in [0, 0.05) is 11.0 Å². The van der Waals surface area contributed by atoms with Crippen LogP contribution in [-0.2, 0) is 12.0 Å². The van der Waals surface area contributed by atoms with Crippen molar-refractivity contribution in [2.75, 3.05) is 20.2 Å². The summed E-state index contributed by atoms with van der Waals surface area (Å²) in [5.74, 6) is 1.18. The Morgan fingerprint density at radius 1 is 1.19 bits per heavy atom. The molecule has 0 saturated carbocycles. The molecule has 6 heteroatoms. The third-order valence-corrected chi connectivity index (χ3v) is 4.88. The molecular formula is C20H26BrN3O2. The van der Waals surface area contributed by atoms with Crippen LogP contribution in [0.4, 0.5) is 0 Å². The zero-order valence-electron chi connectivity index (χ0n) is 15.2. The molecule has 0 aliphatic rings. The van der Waals surface area contributed by atoms with Crippen LogP contribution in [0.3, 0.4) is 0 Å². The highest BCUT2D eigenvalue weighted by atomic mass is 79.9. The number of nitrogens with two attached hydrogens (primary N) is 1. The number of rotatable bonds is 8. The fraction of sp³-hybridized carbons (Fsp3) is 0.350. The standard InChI is InChI=1S/C20H26BrN3O2/c1-3-20(25,16-6-8-17(21)9-7-16)14-24-19(22)23-13-12-15-4-10-18(26-2)11-5-15/h4-11,25H,3,12-14H2,1-2H3,(H3,22,23,24). The number of hydrogen-bond donors (Lipinski definition) is 3. The van der Waals surface area contributed by atoms with Crippen molar-refractivity contribution in [3.05, 3.63) is 64.1 Å². The van der Waals surface area contributed by atoms with Crippen molar-refractivity contribution < 1.29 is 9.84 Å². The van der Waals surface area contributed by atoms with E-state index in [1.54, 1.807) is 7.11 Å². The minimum absolute atomic E-state index is 0.215. The lowest BCUT2D eigenvalue weighted by molar-refractivity contribution is 0.0423. The van der Waals surface area contributed by atoms with Crippen LogP contribution in [0.1, 0.15) is 24.5 Å². The number of halogens is 1. The summed E-state index contributed by atoms with van der Waals surface area (Å²) in [6.45, 7) is 2.82. The van der Waals surface area contributed by atoms with Crippen molar-refractivity contribution in [2.45, 2.75) is 25.4 Å². The first kappa shape index (κ1) is 20.3. The van der Waals surface area contributed by atoms with Gasteiger partial charge in [-0.3, -0.25) is 4.99 Å². The Kier molecular flexibility index (Phi) is 7.48. The Hall–Kier alpha value is -2.05. The maximum atomic E-state index is 10.9. The molecule has 140 valence electrons. The van der Waals surface area contributed by atoms with E-state index in [0.717, 1.165) is 22.2 Å². The van der Waals surface area contributed by atoms with Crippen molar-refractivity contribution >= 4 is 21.9 Å². The van der Waals surface area contributed by atoms with E-state index in [1.165, 1.54) is 5.56 Å². The molecule has 0 aromatic heterocycles. The van der Waals surface area contributed by atoms with E-state index in [2.05, 4.69) is 26.2 Å². The monoisotopic (exact) mass is 419 g/mol. The smallest absolute Gasteiger partial charge is 0.188 e. The second-order valence-corrected chi connectivity index (χ2v) is 7.03. The van der Waals surface area contributed by atoms with E-state index in [-0.39, 0.29) is 6.54 Å². The molecule has 0 saturated heterocycles. The van der Waals surface area contributed by atoms with E-state index in [0.29, 0.717) is 18.9 Å². The van der Waals surface area contributed by atoms with Crippen LogP contribution >= 0.6 is 15.9 Å². The molecule has 2 rings (SSSR count). The van der Waals surface area contributed by atoms with E-state index < -0.39 is 5.60 Å². The van der Waals surface area contributed by atoms with Crippen molar-refractivity contribution in [3.63, 3.8) is 0 Å². The Balaban J connectivity index is 1.88. The van der Waals surface area contributed by atoms with E-state index in [9.17, 15) is 5.11 Å². The van der Waals surface area contributed by atoms with Crippen LogP contribution < -0.4 is 15.8 Å². The minimum atomic E-state index is -1.02. The predicted molar refractivity (Wildman–Crippen MR) is 110 cm³/mol. The Bertz CT molecular complexity index is 717. The highest BCUT2D eigenvalue weighted by Crippen LogP contribution is 2.26.